The molecule has 0 saturated heterocycles. The maximum Gasteiger partial charge on any atom is 0.342 e. The summed E-state index contributed by atoms with van der Waals surface area (Å²) in [4.78, 5) is 40.2. The highest BCUT2D eigenvalue weighted by Crippen LogP contribution is 2.34. The molecule has 4 rings (SSSR count). The fourth-order valence-corrected chi connectivity index (χ4v) is 3.79. The second kappa shape index (κ2) is 11.1. The number of carbonyl (C=O) groups is 3. The van der Waals surface area contributed by atoms with E-state index >= 15 is 0 Å². The van der Waals surface area contributed by atoms with Gasteiger partial charge < -0.3 is 24.6 Å². The van der Waals surface area contributed by atoms with Crippen LogP contribution in [-0.4, -0.2) is 72.4 Å². The molecule has 37 heavy (non-hydrogen) atoms. The van der Waals surface area contributed by atoms with Crippen LogP contribution in [0.15, 0.2) is 54.9 Å². The van der Waals surface area contributed by atoms with Gasteiger partial charge in [0.05, 0.1) is 18.4 Å². The van der Waals surface area contributed by atoms with E-state index in [1.807, 2.05) is 0 Å². The largest absolute Gasteiger partial charge is 0.492 e. The van der Waals surface area contributed by atoms with Gasteiger partial charge in [-0.2, -0.15) is 9.78 Å². The number of rotatable bonds is 7. The van der Waals surface area contributed by atoms with Gasteiger partial charge in [-0.1, -0.05) is 12.1 Å². The molecule has 2 heterocycles. The Bertz CT molecular complexity index is 1310. The summed E-state index contributed by atoms with van der Waals surface area (Å²) in [7, 11) is 3.28. The summed E-state index contributed by atoms with van der Waals surface area (Å²) in [5, 5.41) is 6.74. The molecule has 0 radical (unpaired) electrons. The molecule has 2 aromatic carbocycles. The highest BCUT2D eigenvalue weighted by atomic mass is 19.1. The standard InChI is InChI=1S/C26H28FN5O5/c1-17(33)30(2)9-10-36-21-7-8-24-23(13-21)31(3)25(34)22(16-37-24)29-26(35)32-15-19(14-28-32)11-18-5-4-6-20(27)12-18/h4-8,12-15,22H,9-11,16H2,1-3H3,(H,29,35)/t22-/m0/s1. The first-order chi connectivity index (χ1) is 17.7. The molecule has 0 unspecified atom stereocenters. The van der Waals surface area contributed by atoms with E-state index in [1.165, 1.54) is 36.4 Å². The number of nitrogens with zero attached hydrogens (tertiary/aromatic N) is 4. The zero-order chi connectivity index (χ0) is 26.5. The average Bonchev–Trinajstić information content (AvgIpc) is 3.30. The van der Waals surface area contributed by atoms with Crippen LogP contribution in [-0.2, 0) is 16.0 Å². The Hall–Kier alpha value is -4.41. The van der Waals surface area contributed by atoms with Crippen molar-refractivity contribution in [3.05, 3.63) is 71.8 Å². The third-order valence-corrected chi connectivity index (χ3v) is 6.00. The number of carbonyl (C=O) groups excluding carboxylic acids is 3. The summed E-state index contributed by atoms with van der Waals surface area (Å²) in [6, 6.07) is 9.75. The normalized spacial score (nSPS) is 14.9. The predicted octanol–water partition coefficient (Wildman–Crippen LogP) is 2.45. The van der Waals surface area contributed by atoms with Gasteiger partial charge in [-0.25, -0.2) is 9.18 Å². The molecule has 194 valence electrons. The number of halogens is 1. The Labute approximate surface area is 213 Å². The number of nitrogens with one attached hydrogen (secondary N) is 1. The van der Waals surface area contributed by atoms with Crippen LogP contribution in [0, 0.1) is 5.82 Å². The third-order valence-electron chi connectivity index (χ3n) is 6.00. The fourth-order valence-electron chi connectivity index (χ4n) is 3.79. The van der Waals surface area contributed by atoms with Crippen LogP contribution in [0.2, 0.25) is 0 Å². The first kappa shape index (κ1) is 25.7. The SMILES string of the molecule is CC(=O)N(C)CCOc1ccc2c(c1)N(C)C(=O)[C@@H](NC(=O)n1cc(Cc3cccc(F)c3)cn1)CO2. The molecule has 11 heteroatoms. The van der Waals surface area contributed by atoms with Crippen molar-refractivity contribution in [2.75, 3.05) is 38.8 Å². The van der Waals surface area contributed by atoms with Crippen molar-refractivity contribution in [3.63, 3.8) is 0 Å². The van der Waals surface area contributed by atoms with Crippen molar-refractivity contribution >= 4 is 23.5 Å². The lowest BCUT2D eigenvalue weighted by atomic mass is 10.1. The molecule has 1 aliphatic rings. The van der Waals surface area contributed by atoms with E-state index in [4.69, 9.17) is 9.47 Å². The Morgan fingerprint density at radius 1 is 1.24 bits per heavy atom. The fraction of sp³-hybridized carbons (Fsp3) is 0.308. The van der Waals surface area contributed by atoms with Crippen LogP contribution in [0.3, 0.4) is 0 Å². The Kier molecular flexibility index (Phi) is 7.71. The van der Waals surface area contributed by atoms with E-state index in [9.17, 15) is 18.8 Å². The van der Waals surface area contributed by atoms with Crippen molar-refractivity contribution in [2.45, 2.75) is 19.4 Å². The molecule has 0 aliphatic carbocycles. The lowest BCUT2D eigenvalue weighted by Crippen LogP contribution is -2.50. The Morgan fingerprint density at radius 2 is 2.05 bits per heavy atom. The summed E-state index contributed by atoms with van der Waals surface area (Å²) in [6.45, 7) is 2.12. The van der Waals surface area contributed by atoms with Gasteiger partial charge in [-0.15, -0.1) is 0 Å². The molecule has 0 bridgehead atoms. The number of hydrogen-bond acceptors (Lipinski definition) is 6. The van der Waals surface area contributed by atoms with Crippen LogP contribution in [0.4, 0.5) is 14.9 Å². The summed E-state index contributed by atoms with van der Waals surface area (Å²) >= 11 is 0. The minimum atomic E-state index is -0.950. The molecule has 0 spiro atoms. The van der Waals surface area contributed by atoms with Crippen molar-refractivity contribution in [2.24, 2.45) is 0 Å². The van der Waals surface area contributed by atoms with E-state index in [0.717, 1.165) is 15.8 Å². The summed E-state index contributed by atoms with van der Waals surface area (Å²) in [5.41, 5.74) is 1.97. The topological polar surface area (TPSA) is 106 Å². The van der Waals surface area contributed by atoms with E-state index in [1.54, 1.807) is 49.3 Å². The minimum absolute atomic E-state index is 0.0599. The lowest BCUT2D eigenvalue weighted by Gasteiger charge is -2.21. The van der Waals surface area contributed by atoms with Gasteiger partial charge in [0.1, 0.15) is 36.6 Å². The quantitative estimate of drug-likeness (QED) is 0.525. The summed E-state index contributed by atoms with van der Waals surface area (Å²) in [6.07, 6.45) is 3.46. The zero-order valence-electron chi connectivity index (χ0n) is 20.8. The molecule has 0 fully saturated rings. The first-order valence-corrected chi connectivity index (χ1v) is 11.7. The van der Waals surface area contributed by atoms with Crippen LogP contribution >= 0.6 is 0 Å². The monoisotopic (exact) mass is 509 g/mol. The summed E-state index contributed by atoms with van der Waals surface area (Å²) in [5.74, 6) is 0.225. The number of fused-ring (bicyclic) bond motifs is 1. The molecule has 3 aromatic rings. The van der Waals surface area contributed by atoms with E-state index in [0.29, 0.717) is 30.2 Å². The van der Waals surface area contributed by atoms with Gasteiger partial charge in [0, 0.05) is 39.7 Å². The number of benzene rings is 2. The highest BCUT2D eigenvalue weighted by molar-refractivity contribution is 6.00. The van der Waals surface area contributed by atoms with Gasteiger partial charge in [0.25, 0.3) is 5.91 Å². The first-order valence-electron chi connectivity index (χ1n) is 11.7. The zero-order valence-corrected chi connectivity index (χ0v) is 20.8. The number of anilines is 1. The van der Waals surface area contributed by atoms with Crippen LogP contribution in [0.25, 0.3) is 0 Å². The number of ether oxygens (including phenoxy) is 2. The molecule has 1 aliphatic heterocycles. The van der Waals surface area contributed by atoms with Crippen LogP contribution in [0.5, 0.6) is 11.5 Å². The maximum atomic E-state index is 13.4. The second-order valence-electron chi connectivity index (χ2n) is 8.73. The second-order valence-corrected chi connectivity index (χ2v) is 8.73. The Morgan fingerprint density at radius 3 is 2.81 bits per heavy atom. The predicted molar refractivity (Wildman–Crippen MR) is 133 cm³/mol. The average molecular weight is 510 g/mol. The van der Waals surface area contributed by atoms with Gasteiger partial charge >= 0.3 is 6.03 Å². The lowest BCUT2D eigenvalue weighted by molar-refractivity contribution is -0.127. The Balaban J connectivity index is 1.38. The van der Waals surface area contributed by atoms with Crippen molar-refractivity contribution in [3.8, 4) is 11.5 Å². The minimum Gasteiger partial charge on any atom is -0.492 e. The van der Waals surface area contributed by atoms with E-state index < -0.39 is 12.1 Å². The van der Waals surface area contributed by atoms with Gasteiger partial charge in [0.15, 0.2) is 0 Å². The molecule has 1 N–H and O–H groups in total. The molecule has 3 amide bonds. The smallest absolute Gasteiger partial charge is 0.342 e. The molecule has 1 aromatic heterocycles. The van der Waals surface area contributed by atoms with Crippen LogP contribution < -0.4 is 19.7 Å². The van der Waals surface area contributed by atoms with Crippen LogP contribution in [0.1, 0.15) is 18.1 Å². The van der Waals surface area contributed by atoms with Crippen molar-refractivity contribution in [1.82, 2.24) is 20.0 Å². The molecule has 10 nitrogen and oxygen atoms in total. The van der Waals surface area contributed by atoms with E-state index in [2.05, 4.69) is 10.4 Å². The number of likely N-dealkylation sites (N-methyl/N-ethyl adjacent to an activating group) is 2. The molecular weight excluding hydrogens is 481 g/mol. The van der Waals surface area contributed by atoms with Gasteiger partial charge in [0.2, 0.25) is 5.91 Å². The molecule has 1 atom stereocenters. The van der Waals surface area contributed by atoms with Gasteiger partial charge in [-0.3, -0.25) is 9.59 Å². The third kappa shape index (κ3) is 6.24. The van der Waals surface area contributed by atoms with Gasteiger partial charge in [-0.05, 0) is 35.4 Å². The maximum absolute atomic E-state index is 13.4. The molecule has 0 saturated carbocycles. The number of hydrogen-bond donors (Lipinski definition) is 1. The number of aromatic nitrogens is 2. The number of amides is 3. The van der Waals surface area contributed by atoms with Crippen molar-refractivity contribution < 1.29 is 28.2 Å². The highest BCUT2D eigenvalue weighted by Gasteiger charge is 2.31. The molecular formula is C26H28FN5O5. The van der Waals surface area contributed by atoms with Crippen molar-refractivity contribution in [1.29, 1.82) is 0 Å². The summed E-state index contributed by atoms with van der Waals surface area (Å²) < 4.78 is 26.1. The van der Waals surface area contributed by atoms with E-state index in [-0.39, 0.29) is 30.8 Å².